The minimum absolute atomic E-state index is 0.0547. The zero-order valence-corrected chi connectivity index (χ0v) is 16.9. The van der Waals surface area contributed by atoms with Crippen LogP contribution in [0.25, 0.3) is 0 Å². The molecule has 1 aliphatic heterocycles. The van der Waals surface area contributed by atoms with Crippen LogP contribution < -0.4 is 15.1 Å². The lowest BCUT2D eigenvalue weighted by atomic mass is 9.93. The Morgan fingerprint density at radius 3 is 2.52 bits per heavy atom. The van der Waals surface area contributed by atoms with E-state index in [1.807, 2.05) is 13.8 Å². The van der Waals surface area contributed by atoms with E-state index in [-0.39, 0.29) is 48.7 Å². The quantitative estimate of drug-likeness (QED) is 0.668. The van der Waals surface area contributed by atoms with Gasteiger partial charge in [0.15, 0.2) is 0 Å². The van der Waals surface area contributed by atoms with Gasteiger partial charge >= 0.3 is 5.97 Å². The van der Waals surface area contributed by atoms with Gasteiger partial charge in [0.05, 0.1) is 29.6 Å². The van der Waals surface area contributed by atoms with Gasteiger partial charge in [0, 0.05) is 12.1 Å². The van der Waals surface area contributed by atoms with Gasteiger partial charge in [0.25, 0.3) is 0 Å². The lowest BCUT2D eigenvalue weighted by Gasteiger charge is -2.39. The summed E-state index contributed by atoms with van der Waals surface area (Å²) in [5.41, 5.74) is 1.10. The molecule has 2 amide bonds. The van der Waals surface area contributed by atoms with E-state index >= 15 is 0 Å². The molecule has 3 N–H and O–H groups in total. The van der Waals surface area contributed by atoms with Crippen LogP contribution in [-0.2, 0) is 9.59 Å². The second-order valence-electron chi connectivity index (χ2n) is 7.90. The molecule has 29 heavy (non-hydrogen) atoms. The Balaban J connectivity index is 1.82. The number of aliphatic hydroxyl groups excluding tert-OH is 1. The first-order chi connectivity index (χ1) is 13.8. The third-order valence-electron chi connectivity index (χ3n) is 5.91. The fourth-order valence-corrected chi connectivity index (χ4v) is 4.00. The van der Waals surface area contributed by atoms with Crippen molar-refractivity contribution in [1.29, 1.82) is 0 Å². The summed E-state index contributed by atoms with van der Waals surface area (Å²) in [7, 11) is 0. The fourth-order valence-electron chi connectivity index (χ4n) is 4.00. The molecule has 0 spiro atoms. The summed E-state index contributed by atoms with van der Waals surface area (Å²) < 4.78 is 0. The number of carboxylic acids is 1. The summed E-state index contributed by atoms with van der Waals surface area (Å²) in [5.74, 6) is -1.52. The Morgan fingerprint density at radius 2 is 1.90 bits per heavy atom. The van der Waals surface area contributed by atoms with Crippen LogP contribution in [0.4, 0.5) is 11.4 Å². The first-order valence-corrected chi connectivity index (χ1v) is 10.2. The first-order valence-electron chi connectivity index (χ1n) is 10.2. The number of benzene rings is 1. The van der Waals surface area contributed by atoms with Crippen LogP contribution >= 0.6 is 0 Å². The molecule has 3 rings (SSSR count). The third-order valence-corrected chi connectivity index (χ3v) is 5.91. The number of carbonyl (C=O) groups excluding carboxylic acids is 2. The highest BCUT2D eigenvalue weighted by Crippen LogP contribution is 2.36. The van der Waals surface area contributed by atoms with Crippen LogP contribution in [0.2, 0.25) is 0 Å². The van der Waals surface area contributed by atoms with E-state index < -0.39 is 5.97 Å². The van der Waals surface area contributed by atoms with Crippen molar-refractivity contribution in [3.63, 3.8) is 0 Å². The van der Waals surface area contributed by atoms with Crippen molar-refractivity contribution in [1.82, 2.24) is 5.32 Å². The van der Waals surface area contributed by atoms with Crippen molar-refractivity contribution in [3.05, 3.63) is 23.8 Å². The number of hydrogen-bond acceptors (Lipinski definition) is 5. The average molecular weight is 403 g/mol. The van der Waals surface area contributed by atoms with Crippen molar-refractivity contribution in [2.24, 2.45) is 0 Å². The first kappa shape index (κ1) is 21.3. The monoisotopic (exact) mass is 403 g/mol. The van der Waals surface area contributed by atoms with Crippen molar-refractivity contribution < 1.29 is 24.6 Å². The number of aliphatic hydroxyl groups is 1. The van der Waals surface area contributed by atoms with E-state index in [0.29, 0.717) is 24.2 Å². The predicted molar refractivity (Wildman–Crippen MR) is 109 cm³/mol. The van der Waals surface area contributed by atoms with Crippen molar-refractivity contribution in [2.45, 2.75) is 64.1 Å². The molecular formula is C21H29N3O5. The molecule has 1 aromatic rings. The molecule has 1 saturated carbocycles. The molecule has 1 fully saturated rings. The van der Waals surface area contributed by atoms with E-state index in [1.165, 1.54) is 17.0 Å². The minimum Gasteiger partial charge on any atom is -0.478 e. The van der Waals surface area contributed by atoms with Crippen molar-refractivity contribution in [3.8, 4) is 0 Å². The summed E-state index contributed by atoms with van der Waals surface area (Å²) in [4.78, 5) is 40.2. The number of nitrogens with one attached hydrogen (secondary N) is 1. The van der Waals surface area contributed by atoms with E-state index in [0.717, 1.165) is 19.3 Å². The normalized spacial score (nSPS) is 22.9. The Morgan fingerprint density at radius 1 is 1.21 bits per heavy atom. The molecule has 1 unspecified atom stereocenters. The summed E-state index contributed by atoms with van der Waals surface area (Å²) in [6.45, 7) is 3.87. The van der Waals surface area contributed by atoms with Gasteiger partial charge in [-0.05, 0) is 57.2 Å². The number of carboxylic acid groups (broad SMARTS) is 1. The molecule has 0 aromatic heterocycles. The molecule has 8 nitrogen and oxygen atoms in total. The number of rotatable bonds is 6. The van der Waals surface area contributed by atoms with Gasteiger partial charge in [0.1, 0.15) is 6.54 Å². The van der Waals surface area contributed by atoms with E-state index in [4.69, 9.17) is 0 Å². The zero-order chi connectivity index (χ0) is 21.1. The van der Waals surface area contributed by atoms with E-state index in [9.17, 15) is 24.6 Å². The van der Waals surface area contributed by atoms with Crippen LogP contribution in [0.1, 0.15) is 56.3 Å². The Hall–Kier alpha value is -2.45. The summed E-state index contributed by atoms with van der Waals surface area (Å²) in [5, 5.41) is 22.2. The highest BCUT2D eigenvalue weighted by atomic mass is 16.4. The number of anilines is 2. The van der Waals surface area contributed by atoms with Crippen LogP contribution in [0.5, 0.6) is 0 Å². The molecule has 1 atom stereocenters. The highest BCUT2D eigenvalue weighted by molar-refractivity contribution is 6.12. The standard InChI is InChI=1S/C21H29N3O5/c1-3-13(2)24-17-9-4-14(21(28)29)10-18(17)23(12-20(24)27)19(26)11-22-15-5-7-16(25)8-6-15/h4,9-10,13,15-16,22,25H,3,5-8,11-12H2,1-2H3,(H,28,29). The molecule has 0 bridgehead atoms. The van der Waals surface area contributed by atoms with Gasteiger partial charge in [-0.2, -0.15) is 0 Å². The molecule has 0 radical (unpaired) electrons. The van der Waals surface area contributed by atoms with Gasteiger partial charge < -0.3 is 20.4 Å². The molecule has 0 saturated heterocycles. The maximum Gasteiger partial charge on any atom is 0.335 e. The van der Waals surface area contributed by atoms with Gasteiger partial charge in [0.2, 0.25) is 11.8 Å². The largest absolute Gasteiger partial charge is 0.478 e. The molecular weight excluding hydrogens is 374 g/mol. The maximum absolute atomic E-state index is 12.9. The average Bonchev–Trinajstić information content (AvgIpc) is 2.71. The SMILES string of the molecule is CCC(C)N1C(=O)CN(C(=O)CNC2CCC(O)CC2)c2cc(C(=O)O)ccc21. The molecule has 2 aliphatic rings. The van der Waals surface area contributed by atoms with Gasteiger partial charge in [-0.25, -0.2) is 4.79 Å². The van der Waals surface area contributed by atoms with Crippen molar-refractivity contribution in [2.75, 3.05) is 22.9 Å². The topological polar surface area (TPSA) is 110 Å². The van der Waals surface area contributed by atoms with Crippen LogP contribution in [0, 0.1) is 0 Å². The second-order valence-corrected chi connectivity index (χ2v) is 7.90. The van der Waals surface area contributed by atoms with E-state index in [1.54, 1.807) is 11.0 Å². The minimum atomic E-state index is -1.08. The van der Waals surface area contributed by atoms with Gasteiger partial charge in [-0.3, -0.25) is 14.5 Å². The molecule has 1 aliphatic carbocycles. The second kappa shape index (κ2) is 8.92. The summed E-state index contributed by atoms with van der Waals surface area (Å²) >= 11 is 0. The molecule has 158 valence electrons. The smallest absolute Gasteiger partial charge is 0.335 e. The molecule has 1 heterocycles. The van der Waals surface area contributed by atoms with Crippen LogP contribution in [-0.4, -0.2) is 59.3 Å². The lowest BCUT2D eigenvalue weighted by Crippen LogP contribution is -2.53. The lowest BCUT2D eigenvalue weighted by molar-refractivity contribution is -0.122. The number of aromatic carboxylic acids is 1. The Labute approximate surface area is 170 Å². The van der Waals surface area contributed by atoms with Gasteiger partial charge in [-0.15, -0.1) is 0 Å². The van der Waals surface area contributed by atoms with Crippen molar-refractivity contribution >= 4 is 29.2 Å². The molecule has 1 aromatic carbocycles. The Kier molecular flexibility index (Phi) is 6.54. The predicted octanol–water partition coefficient (Wildman–Crippen LogP) is 1.76. The number of amides is 2. The van der Waals surface area contributed by atoms with Crippen LogP contribution in [0.3, 0.4) is 0 Å². The van der Waals surface area contributed by atoms with Crippen LogP contribution in [0.15, 0.2) is 18.2 Å². The summed E-state index contributed by atoms with van der Waals surface area (Å²) in [6.07, 6.45) is 3.50. The van der Waals surface area contributed by atoms with Gasteiger partial charge in [-0.1, -0.05) is 6.92 Å². The highest BCUT2D eigenvalue weighted by Gasteiger charge is 2.35. The number of hydrogen-bond donors (Lipinski definition) is 3. The molecule has 8 heteroatoms. The number of carbonyl (C=O) groups is 3. The third kappa shape index (κ3) is 4.59. The zero-order valence-electron chi connectivity index (χ0n) is 16.9. The fraction of sp³-hybridized carbons (Fsp3) is 0.571. The number of nitrogens with zero attached hydrogens (tertiary/aromatic N) is 2. The van der Waals surface area contributed by atoms with E-state index in [2.05, 4.69) is 5.32 Å². The maximum atomic E-state index is 12.9. The number of fused-ring (bicyclic) bond motifs is 1. The summed E-state index contributed by atoms with van der Waals surface area (Å²) in [6, 6.07) is 4.64. The Bertz CT molecular complexity index is 789.